The van der Waals surface area contributed by atoms with Gasteiger partial charge < -0.3 is 20.5 Å². The van der Waals surface area contributed by atoms with Crippen LogP contribution in [0.25, 0.3) is 55.7 Å². The summed E-state index contributed by atoms with van der Waals surface area (Å²) in [6, 6.07) is 12.6. The number of likely N-dealkylation sites (N-methyl/N-ethyl adjacent to an activating group) is 1. The Kier molecular flexibility index (Phi) is 7.56. The van der Waals surface area contributed by atoms with Gasteiger partial charge in [0, 0.05) is 76.3 Å². The topological polar surface area (TPSA) is 128 Å². The summed E-state index contributed by atoms with van der Waals surface area (Å²) in [7, 11) is 3.99. The highest BCUT2D eigenvalue weighted by atomic mass is 19.1. The maximum absolute atomic E-state index is 14.7. The van der Waals surface area contributed by atoms with E-state index in [0.29, 0.717) is 40.5 Å². The molecule has 5 aromatic heterocycles. The van der Waals surface area contributed by atoms with E-state index >= 15 is 0 Å². The predicted molar refractivity (Wildman–Crippen MR) is 168 cm³/mol. The fourth-order valence-corrected chi connectivity index (χ4v) is 4.88. The van der Waals surface area contributed by atoms with Crippen LogP contribution in [-0.2, 0) is 4.79 Å². The van der Waals surface area contributed by atoms with Gasteiger partial charge in [0.05, 0.1) is 23.3 Å². The first kappa shape index (κ1) is 28.0. The van der Waals surface area contributed by atoms with Gasteiger partial charge in [0.1, 0.15) is 11.5 Å². The lowest BCUT2D eigenvalue weighted by molar-refractivity contribution is -0.118. The molecule has 0 bridgehead atoms. The van der Waals surface area contributed by atoms with Gasteiger partial charge in [-0.3, -0.25) is 19.9 Å². The van der Waals surface area contributed by atoms with Crippen LogP contribution in [0.3, 0.4) is 0 Å². The van der Waals surface area contributed by atoms with Crippen LogP contribution >= 0.6 is 0 Å². The van der Waals surface area contributed by atoms with Gasteiger partial charge in [0.2, 0.25) is 5.91 Å². The third kappa shape index (κ3) is 5.93. The normalized spacial score (nSPS) is 11.6. The van der Waals surface area contributed by atoms with Crippen molar-refractivity contribution in [2.75, 3.05) is 37.8 Å². The summed E-state index contributed by atoms with van der Waals surface area (Å²) in [4.78, 5) is 31.2. The number of fused-ring (bicyclic) bond motifs is 2. The number of halogens is 1. The number of carbonyl (C=O) groups excluding carboxylic acids is 1. The first-order valence-corrected chi connectivity index (χ1v) is 14.0. The second-order valence-corrected chi connectivity index (χ2v) is 11.1. The van der Waals surface area contributed by atoms with Crippen molar-refractivity contribution in [2.24, 2.45) is 5.92 Å². The minimum absolute atomic E-state index is 0.0765. The van der Waals surface area contributed by atoms with Crippen molar-refractivity contribution in [1.29, 1.82) is 0 Å². The van der Waals surface area contributed by atoms with Gasteiger partial charge in [0.25, 0.3) is 0 Å². The number of H-pyrrole nitrogens is 2. The minimum Gasteiger partial charge on any atom is -0.384 e. The molecule has 0 spiro atoms. The standard InChI is InChI=1S/C32H32FN9O/c1-18(2)32(43)38-24-11-20(15-34-17-24)21-12-26-30(40-41-31(26)37-16-21)28-14-25-27(39-28)5-6-36-29(25)19-9-22(33)13-23(10-19)35-7-8-42(3)4/h5-6,9-18,35,39H,7-8H2,1-4H3,(H,38,43)(H,37,40,41). The summed E-state index contributed by atoms with van der Waals surface area (Å²) in [5.41, 5.74) is 7.24. The van der Waals surface area contributed by atoms with Crippen molar-refractivity contribution in [3.8, 4) is 33.8 Å². The number of pyridine rings is 3. The number of amides is 1. The Balaban J connectivity index is 1.36. The molecule has 11 heteroatoms. The molecule has 0 saturated carbocycles. The van der Waals surface area contributed by atoms with Crippen LogP contribution < -0.4 is 10.6 Å². The predicted octanol–water partition coefficient (Wildman–Crippen LogP) is 5.94. The van der Waals surface area contributed by atoms with Crippen molar-refractivity contribution in [2.45, 2.75) is 13.8 Å². The summed E-state index contributed by atoms with van der Waals surface area (Å²) in [5.74, 6) is -0.555. The molecule has 0 aliphatic heterocycles. The Hall–Kier alpha value is -5.16. The maximum atomic E-state index is 14.7. The van der Waals surface area contributed by atoms with Crippen LogP contribution in [0.15, 0.2) is 67.3 Å². The van der Waals surface area contributed by atoms with Crippen LogP contribution in [0.2, 0.25) is 0 Å². The van der Waals surface area contributed by atoms with Crippen LogP contribution in [0.1, 0.15) is 13.8 Å². The lowest BCUT2D eigenvalue weighted by Crippen LogP contribution is -2.20. The fraction of sp³-hybridized carbons (Fsp3) is 0.219. The number of aromatic nitrogens is 6. The summed E-state index contributed by atoms with van der Waals surface area (Å²) in [5, 5.41) is 15.4. The fourth-order valence-electron chi connectivity index (χ4n) is 4.88. The molecule has 0 saturated heterocycles. The highest BCUT2D eigenvalue weighted by Crippen LogP contribution is 2.35. The molecule has 43 heavy (non-hydrogen) atoms. The van der Waals surface area contributed by atoms with E-state index < -0.39 is 0 Å². The Morgan fingerprint density at radius 3 is 2.56 bits per heavy atom. The SMILES string of the molecule is CC(C)C(=O)Nc1cncc(-c2cnc3[nH]nc(-c4cc5c(-c6cc(F)cc(NCCN(C)C)c6)nccc5[nH]4)c3c2)c1. The molecule has 4 N–H and O–H groups in total. The first-order valence-electron chi connectivity index (χ1n) is 14.0. The Labute approximate surface area is 247 Å². The van der Waals surface area contributed by atoms with Crippen LogP contribution in [0, 0.1) is 11.7 Å². The monoisotopic (exact) mass is 577 g/mol. The first-order chi connectivity index (χ1) is 20.7. The number of carbonyl (C=O) groups is 1. The number of rotatable bonds is 9. The van der Waals surface area contributed by atoms with E-state index in [0.717, 1.165) is 39.7 Å². The summed E-state index contributed by atoms with van der Waals surface area (Å²) in [6.07, 6.45) is 6.81. The zero-order valence-corrected chi connectivity index (χ0v) is 24.4. The average Bonchev–Trinajstić information content (AvgIpc) is 3.60. The maximum Gasteiger partial charge on any atom is 0.226 e. The zero-order valence-electron chi connectivity index (χ0n) is 24.4. The van der Waals surface area contributed by atoms with Gasteiger partial charge in [-0.25, -0.2) is 9.37 Å². The smallest absolute Gasteiger partial charge is 0.226 e. The Bertz CT molecular complexity index is 1940. The number of aromatic amines is 2. The van der Waals surface area contributed by atoms with Crippen LogP contribution in [-0.4, -0.2) is 68.1 Å². The molecule has 6 rings (SSSR count). The summed E-state index contributed by atoms with van der Waals surface area (Å²) < 4.78 is 14.7. The molecule has 0 aliphatic carbocycles. The molecule has 1 aromatic carbocycles. The van der Waals surface area contributed by atoms with Crippen molar-refractivity contribution >= 4 is 39.2 Å². The molecule has 5 heterocycles. The molecule has 0 radical (unpaired) electrons. The molecule has 218 valence electrons. The van der Waals surface area contributed by atoms with Gasteiger partial charge in [-0.05, 0) is 56.6 Å². The summed E-state index contributed by atoms with van der Waals surface area (Å²) in [6.45, 7) is 5.20. The molecule has 6 aromatic rings. The lowest BCUT2D eigenvalue weighted by atomic mass is 10.1. The highest BCUT2D eigenvalue weighted by molar-refractivity contribution is 6.00. The molecule has 0 atom stereocenters. The van der Waals surface area contributed by atoms with E-state index in [1.807, 2.05) is 58.3 Å². The second kappa shape index (κ2) is 11.6. The van der Waals surface area contributed by atoms with Crippen LogP contribution in [0.5, 0.6) is 0 Å². The van der Waals surface area contributed by atoms with Gasteiger partial charge in [-0.2, -0.15) is 5.10 Å². The third-order valence-corrected chi connectivity index (χ3v) is 7.14. The average molecular weight is 578 g/mol. The lowest BCUT2D eigenvalue weighted by Gasteiger charge is -2.12. The van der Waals surface area contributed by atoms with E-state index in [2.05, 4.69) is 45.7 Å². The van der Waals surface area contributed by atoms with Gasteiger partial charge in [-0.15, -0.1) is 0 Å². The largest absolute Gasteiger partial charge is 0.384 e. The molecular formula is C32H32FN9O. The number of benzene rings is 1. The van der Waals surface area contributed by atoms with Crippen molar-refractivity contribution in [1.82, 2.24) is 35.0 Å². The number of nitrogens with zero attached hydrogens (tertiary/aromatic N) is 5. The molecule has 0 fully saturated rings. The van der Waals surface area contributed by atoms with E-state index in [-0.39, 0.29) is 17.6 Å². The number of anilines is 2. The highest BCUT2D eigenvalue weighted by Gasteiger charge is 2.17. The third-order valence-electron chi connectivity index (χ3n) is 7.14. The van der Waals surface area contributed by atoms with Crippen LogP contribution in [0.4, 0.5) is 15.8 Å². The van der Waals surface area contributed by atoms with Gasteiger partial charge in [0.15, 0.2) is 5.65 Å². The van der Waals surface area contributed by atoms with Gasteiger partial charge >= 0.3 is 0 Å². The summed E-state index contributed by atoms with van der Waals surface area (Å²) >= 11 is 0. The molecule has 0 aliphatic rings. The van der Waals surface area contributed by atoms with Crippen molar-refractivity contribution < 1.29 is 9.18 Å². The quantitative estimate of drug-likeness (QED) is 0.168. The number of hydrogen-bond acceptors (Lipinski definition) is 7. The minimum atomic E-state index is -0.335. The molecule has 0 unspecified atom stereocenters. The Morgan fingerprint density at radius 2 is 1.74 bits per heavy atom. The zero-order chi connectivity index (χ0) is 30.1. The Morgan fingerprint density at radius 1 is 0.930 bits per heavy atom. The van der Waals surface area contributed by atoms with E-state index in [9.17, 15) is 9.18 Å². The second-order valence-electron chi connectivity index (χ2n) is 11.1. The molecule has 10 nitrogen and oxygen atoms in total. The molecular weight excluding hydrogens is 545 g/mol. The van der Waals surface area contributed by atoms with E-state index in [4.69, 9.17) is 0 Å². The van der Waals surface area contributed by atoms with Gasteiger partial charge in [-0.1, -0.05) is 13.8 Å². The van der Waals surface area contributed by atoms with Crippen molar-refractivity contribution in [3.05, 3.63) is 73.1 Å². The van der Waals surface area contributed by atoms with E-state index in [1.54, 1.807) is 24.8 Å². The molecule has 1 amide bonds. The van der Waals surface area contributed by atoms with E-state index in [1.165, 1.54) is 12.1 Å². The number of hydrogen-bond donors (Lipinski definition) is 4. The number of nitrogens with one attached hydrogen (secondary N) is 4. The van der Waals surface area contributed by atoms with Crippen molar-refractivity contribution in [3.63, 3.8) is 0 Å².